The zero-order valence-electron chi connectivity index (χ0n) is 11.7. The summed E-state index contributed by atoms with van der Waals surface area (Å²) < 4.78 is 0. The Kier molecular flexibility index (Phi) is 3.99. The molecule has 0 heterocycles. The Labute approximate surface area is 128 Å². The summed E-state index contributed by atoms with van der Waals surface area (Å²) in [6.45, 7) is 0.423. The highest BCUT2D eigenvalue weighted by molar-refractivity contribution is 7.99. The Balaban J connectivity index is 1.78. The lowest BCUT2D eigenvalue weighted by Crippen LogP contribution is -2.30. The molecule has 0 unspecified atom stereocenters. The van der Waals surface area contributed by atoms with Crippen molar-refractivity contribution in [2.75, 3.05) is 11.9 Å². The summed E-state index contributed by atoms with van der Waals surface area (Å²) in [5.41, 5.74) is 6.25. The van der Waals surface area contributed by atoms with Crippen LogP contribution in [0.4, 0.5) is 5.69 Å². The standard InChI is InChI=1S/C17H18N2OS/c18-12-17(10-11-17)16(20)19-14-8-4-5-9-15(14)21-13-6-2-1-3-7-13/h1-9H,10-12,18H2,(H,19,20). The van der Waals surface area contributed by atoms with Gasteiger partial charge in [0.2, 0.25) is 5.91 Å². The van der Waals surface area contributed by atoms with Gasteiger partial charge in [-0.2, -0.15) is 0 Å². The van der Waals surface area contributed by atoms with E-state index in [0.717, 1.165) is 28.3 Å². The average Bonchev–Trinajstić information content (AvgIpc) is 3.31. The minimum absolute atomic E-state index is 0.0473. The Bertz CT molecular complexity index is 638. The molecule has 0 spiro atoms. The van der Waals surface area contributed by atoms with Crippen LogP contribution in [-0.4, -0.2) is 12.5 Å². The zero-order valence-corrected chi connectivity index (χ0v) is 12.5. The monoisotopic (exact) mass is 298 g/mol. The first-order chi connectivity index (χ1) is 10.2. The fourth-order valence-electron chi connectivity index (χ4n) is 2.20. The van der Waals surface area contributed by atoms with Gasteiger partial charge in [0, 0.05) is 16.3 Å². The van der Waals surface area contributed by atoms with Crippen molar-refractivity contribution in [1.29, 1.82) is 0 Å². The second kappa shape index (κ2) is 5.92. The average molecular weight is 298 g/mol. The van der Waals surface area contributed by atoms with E-state index in [1.807, 2.05) is 42.5 Å². The van der Waals surface area contributed by atoms with Crippen LogP contribution in [-0.2, 0) is 4.79 Å². The lowest BCUT2D eigenvalue weighted by molar-refractivity contribution is -0.120. The van der Waals surface area contributed by atoms with E-state index in [-0.39, 0.29) is 11.3 Å². The van der Waals surface area contributed by atoms with Gasteiger partial charge in [-0.1, -0.05) is 42.1 Å². The zero-order chi connectivity index (χ0) is 14.7. The van der Waals surface area contributed by atoms with Crippen molar-refractivity contribution in [2.45, 2.75) is 22.6 Å². The Morgan fingerprint density at radius 2 is 1.76 bits per heavy atom. The number of amides is 1. The van der Waals surface area contributed by atoms with Crippen molar-refractivity contribution >= 4 is 23.4 Å². The summed E-state index contributed by atoms with van der Waals surface area (Å²) in [4.78, 5) is 14.5. The molecule has 1 amide bonds. The van der Waals surface area contributed by atoms with Crippen LogP contribution in [0.5, 0.6) is 0 Å². The Morgan fingerprint density at radius 3 is 2.43 bits per heavy atom. The van der Waals surface area contributed by atoms with Crippen molar-refractivity contribution < 1.29 is 4.79 Å². The van der Waals surface area contributed by atoms with Gasteiger partial charge in [-0.3, -0.25) is 4.79 Å². The van der Waals surface area contributed by atoms with Gasteiger partial charge in [0.1, 0.15) is 0 Å². The van der Waals surface area contributed by atoms with Gasteiger partial charge < -0.3 is 11.1 Å². The summed E-state index contributed by atoms with van der Waals surface area (Å²) in [7, 11) is 0. The molecule has 3 nitrogen and oxygen atoms in total. The van der Waals surface area contributed by atoms with E-state index in [1.165, 1.54) is 0 Å². The van der Waals surface area contributed by atoms with Crippen LogP contribution in [0.25, 0.3) is 0 Å². The van der Waals surface area contributed by atoms with Gasteiger partial charge in [-0.15, -0.1) is 0 Å². The topological polar surface area (TPSA) is 55.1 Å². The molecule has 0 saturated heterocycles. The lowest BCUT2D eigenvalue weighted by atomic mass is 10.1. The van der Waals surface area contributed by atoms with E-state index in [2.05, 4.69) is 17.4 Å². The van der Waals surface area contributed by atoms with Crippen molar-refractivity contribution in [3.8, 4) is 0 Å². The van der Waals surface area contributed by atoms with Gasteiger partial charge in [-0.05, 0) is 37.1 Å². The quantitative estimate of drug-likeness (QED) is 0.888. The maximum atomic E-state index is 12.3. The number of anilines is 1. The molecule has 0 radical (unpaired) electrons. The fourth-order valence-corrected chi connectivity index (χ4v) is 3.13. The molecule has 3 N–H and O–H groups in total. The molecular weight excluding hydrogens is 280 g/mol. The number of hydrogen-bond donors (Lipinski definition) is 2. The van der Waals surface area contributed by atoms with Crippen molar-refractivity contribution in [3.05, 3.63) is 54.6 Å². The van der Waals surface area contributed by atoms with Gasteiger partial charge >= 0.3 is 0 Å². The number of rotatable bonds is 5. The first-order valence-electron chi connectivity index (χ1n) is 7.07. The van der Waals surface area contributed by atoms with Crippen LogP contribution in [0.15, 0.2) is 64.4 Å². The van der Waals surface area contributed by atoms with E-state index in [1.54, 1.807) is 11.8 Å². The summed E-state index contributed by atoms with van der Waals surface area (Å²) in [5.74, 6) is 0.0473. The number of hydrogen-bond acceptors (Lipinski definition) is 3. The van der Waals surface area contributed by atoms with Crippen LogP contribution in [0.2, 0.25) is 0 Å². The van der Waals surface area contributed by atoms with Gasteiger partial charge in [0.05, 0.1) is 11.1 Å². The van der Waals surface area contributed by atoms with Crippen molar-refractivity contribution in [3.63, 3.8) is 0 Å². The molecule has 3 rings (SSSR count). The molecule has 0 aromatic heterocycles. The molecule has 0 aliphatic heterocycles. The second-order valence-electron chi connectivity index (χ2n) is 5.35. The predicted octanol–water partition coefficient (Wildman–Crippen LogP) is 3.52. The molecule has 0 bridgehead atoms. The van der Waals surface area contributed by atoms with E-state index in [0.29, 0.717) is 6.54 Å². The number of nitrogens with two attached hydrogens (primary N) is 1. The van der Waals surface area contributed by atoms with Crippen LogP contribution < -0.4 is 11.1 Å². The van der Waals surface area contributed by atoms with Crippen LogP contribution in [0.3, 0.4) is 0 Å². The van der Waals surface area contributed by atoms with E-state index < -0.39 is 0 Å². The number of carbonyl (C=O) groups is 1. The van der Waals surface area contributed by atoms with E-state index in [9.17, 15) is 4.79 Å². The normalized spacial score (nSPS) is 15.5. The highest BCUT2D eigenvalue weighted by atomic mass is 32.2. The SMILES string of the molecule is NCC1(C(=O)Nc2ccccc2Sc2ccccc2)CC1. The Morgan fingerprint density at radius 1 is 1.10 bits per heavy atom. The number of benzene rings is 2. The molecule has 0 atom stereocenters. The highest BCUT2D eigenvalue weighted by Gasteiger charge is 2.48. The van der Waals surface area contributed by atoms with Gasteiger partial charge in [0.25, 0.3) is 0 Å². The molecule has 1 aliphatic carbocycles. The third-order valence-electron chi connectivity index (χ3n) is 3.83. The van der Waals surface area contributed by atoms with E-state index in [4.69, 9.17) is 5.73 Å². The van der Waals surface area contributed by atoms with Crippen molar-refractivity contribution in [1.82, 2.24) is 0 Å². The highest BCUT2D eigenvalue weighted by Crippen LogP contribution is 2.46. The maximum Gasteiger partial charge on any atom is 0.231 e. The lowest BCUT2D eigenvalue weighted by Gasteiger charge is -2.15. The first kappa shape index (κ1) is 14.2. The molecule has 4 heteroatoms. The minimum Gasteiger partial charge on any atom is -0.329 e. The predicted molar refractivity (Wildman–Crippen MR) is 86.4 cm³/mol. The van der Waals surface area contributed by atoms with Crippen LogP contribution >= 0.6 is 11.8 Å². The fraction of sp³-hybridized carbons (Fsp3) is 0.235. The molecular formula is C17H18N2OS. The molecule has 2 aromatic carbocycles. The molecule has 1 aliphatic rings. The van der Waals surface area contributed by atoms with Crippen LogP contribution in [0.1, 0.15) is 12.8 Å². The second-order valence-corrected chi connectivity index (χ2v) is 6.47. The molecule has 1 fully saturated rings. The molecule has 1 saturated carbocycles. The summed E-state index contributed by atoms with van der Waals surface area (Å²) in [5, 5.41) is 3.04. The Hall–Kier alpha value is -1.78. The number of carbonyl (C=O) groups excluding carboxylic acids is 1. The molecule has 108 valence electrons. The maximum absolute atomic E-state index is 12.3. The summed E-state index contributed by atoms with van der Waals surface area (Å²) >= 11 is 1.65. The van der Waals surface area contributed by atoms with Gasteiger partial charge in [0.15, 0.2) is 0 Å². The number of para-hydroxylation sites is 1. The largest absolute Gasteiger partial charge is 0.329 e. The minimum atomic E-state index is -0.329. The van der Waals surface area contributed by atoms with Crippen molar-refractivity contribution in [2.24, 2.45) is 11.1 Å². The smallest absolute Gasteiger partial charge is 0.231 e. The number of nitrogens with one attached hydrogen (secondary N) is 1. The van der Waals surface area contributed by atoms with Crippen LogP contribution in [0, 0.1) is 5.41 Å². The summed E-state index contributed by atoms with van der Waals surface area (Å²) in [6, 6.07) is 18.0. The third-order valence-corrected chi connectivity index (χ3v) is 4.92. The third kappa shape index (κ3) is 3.12. The molecule has 21 heavy (non-hydrogen) atoms. The van der Waals surface area contributed by atoms with E-state index >= 15 is 0 Å². The first-order valence-corrected chi connectivity index (χ1v) is 7.89. The molecule has 2 aromatic rings. The summed E-state index contributed by atoms with van der Waals surface area (Å²) in [6.07, 6.45) is 1.78. The van der Waals surface area contributed by atoms with Gasteiger partial charge in [-0.25, -0.2) is 0 Å².